The van der Waals surface area contributed by atoms with Crippen LogP contribution in [0.5, 0.6) is 0 Å². The Bertz CT molecular complexity index is 376. The average molecular weight is 297 g/mol. The monoisotopic (exact) mass is 296 g/mol. The van der Waals surface area contributed by atoms with Crippen molar-refractivity contribution in [1.82, 2.24) is 0 Å². The summed E-state index contributed by atoms with van der Waals surface area (Å²) in [7, 11) is -2.91. The van der Waals surface area contributed by atoms with Gasteiger partial charge < -0.3 is 4.74 Å². The molecular formula is C15H28O2Si2. The van der Waals surface area contributed by atoms with Crippen LogP contribution in [0.25, 0.3) is 0 Å². The second-order valence-electron chi connectivity index (χ2n) is 8.44. The second-order valence-corrected chi connectivity index (χ2v) is 19.5. The molecule has 0 spiro atoms. The van der Waals surface area contributed by atoms with Gasteiger partial charge in [0.15, 0.2) is 0 Å². The first-order chi connectivity index (χ1) is 8.59. The van der Waals surface area contributed by atoms with E-state index in [0.717, 1.165) is 6.42 Å². The maximum absolute atomic E-state index is 12.5. The minimum Gasteiger partial charge on any atom is -0.470 e. The molecule has 0 aliphatic heterocycles. The fraction of sp³-hybridized carbons (Fsp3) is 0.800. The molecule has 2 rings (SSSR count). The molecule has 4 heteroatoms. The Labute approximate surface area is 119 Å². The van der Waals surface area contributed by atoms with Crippen LogP contribution in [0.2, 0.25) is 39.3 Å². The molecule has 2 aliphatic rings. The van der Waals surface area contributed by atoms with Crippen LogP contribution in [-0.4, -0.2) is 27.5 Å². The van der Waals surface area contributed by atoms with E-state index in [-0.39, 0.29) is 17.2 Å². The molecule has 2 bridgehead atoms. The normalized spacial score (nSPS) is 30.2. The van der Waals surface area contributed by atoms with Crippen LogP contribution < -0.4 is 0 Å². The molecule has 19 heavy (non-hydrogen) atoms. The highest BCUT2D eigenvalue weighted by molar-refractivity contribution is 6.96. The number of rotatable bonds is 4. The van der Waals surface area contributed by atoms with Gasteiger partial charge in [0.05, 0.1) is 27.4 Å². The van der Waals surface area contributed by atoms with Gasteiger partial charge in [-0.25, -0.2) is 0 Å². The third-order valence-corrected chi connectivity index (χ3v) is 13.0. The molecule has 0 radical (unpaired) electrons. The van der Waals surface area contributed by atoms with Gasteiger partial charge in [0.1, 0.15) is 0 Å². The summed E-state index contributed by atoms with van der Waals surface area (Å²) in [4.78, 5) is 12.5. The number of hydrogen-bond acceptors (Lipinski definition) is 2. The predicted octanol–water partition coefficient (Wildman–Crippen LogP) is 3.87. The van der Waals surface area contributed by atoms with Crippen molar-refractivity contribution in [2.75, 3.05) is 0 Å². The molecule has 2 nitrogen and oxygen atoms in total. The van der Waals surface area contributed by atoms with Gasteiger partial charge >= 0.3 is 5.97 Å². The van der Waals surface area contributed by atoms with Gasteiger partial charge in [-0.3, -0.25) is 4.79 Å². The Kier molecular flexibility index (Phi) is 3.86. The summed E-state index contributed by atoms with van der Waals surface area (Å²) in [6, 6.07) is 0. The first kappa shape index (κ1) is 15.0. The van der Waals surface area contributed by atoms with Crippen molar-refractivity contribution >= 4 is 22.1 Å². The molecule has 0 N–H and O–H groups in total. The van der Waals surface area contributed by atoms with Crippen molar-refractivity contribution in [3.05, 3.63) is 12.2 Å². The lowest BCUT2D eigenvalue weighted by atomic mass is 9.94. The highest BCUT2D eigenvalue weighted by Crippen LogP contribution is 2.44. The van der Waals surface area contributed by atoms with Crippen LogP contribution in [0, 0.1) is 17.8 Å². The lowest BCUT2D eigenvalue weighted by molar-refractivity contribution is -0.149. The molecule has 0 aromatic rings. The molecule has 1 fully saturated rings. The van der Waals surface area contributed by atoms with Crippen molar-refractivity contribution in [2.24, 2.45) is 17.8 Å². The molecule has 1 saturated carbocycles. The first-order valence-corrected chi connectivity index (χ1v) is 14.6. The molecule has 3 atom stereocenters. The Balaban J connectivity index is 2.06. The standard InChI is InChI=1S/C15H28O2Si2/c1-18(2,3)15(19(4,5)6)17-14(16)13-10-11-7-8-12(13)9-11/h7-8,11-13,15H,9-10H2,1-6H3. The van der Waals surface area contributed by atoms with Crippen molar-refractivity contribution in [2.45, 2.75) is 57.5 Å². The number of esters is 1. The van der Waals surface area contributed by atoms with Crippen LogP contribution >= 0.6 is 0 Å². The third kappa shape index (κ3) is 3.22. The largest absolute Gasteiger partial charge is 0.470 e. The highest BCUT2D eigenvalue weighted by Gasteiger charge is 2.45. The van der Waals surface area contributed by atoms with Crippen LogP contribution in [0.3, 0.4) is 0 Å². The van der Waals surface area contributed by atoms with Crippen LogP contribution in [0.4, 0.5) is 0 Å². The highest BCUT2D eigenvalue weighted by atomic mass is 28.4. The molecule has 108 valence electrons. The van der Waals surface area contributed by atoms with Crippen LogP contribution in [-0.2, 0) is 9.53 Å². The van der Waals surface area contributed by atoms with Crippen molar-refractivity contribution < 1.29 is 9.53 Å². The Morgan fingerprint density at radius 2 is 1.63 bits per heavy atom. The van der Waals surface area contributed by atoms with E-state index in [1.165, 1.54) is 6.42 Å². The number of allylic oxidation sites excluding steroid dienone is 2. The zero-order valence-electron chi connectivity index (χ0n) is 13.2. The van der Waals surface area contributed by atoms with E-state index in [0.29, 0.717) is 11.8 Å². The van der Waals surface area contributed by atoms with Gasteiger partial charge in [-0.2, -0.15) is 0 Å². The zero-order chi connectivity index (χ0) is 14.4. The topological polar surface area (TPSA) is 26.3 Å². The minimum absolute atomic E-state index is 0.0895. The number of ether oxygens (including phenoxy) is 1. The third-order valence-electron chi connectivity index (χ3n) is 4.39. The first-order valence-electron chi connectivity index (χ1n) is 7.48. The molecule has 2 aliphatic carbocycles. The fourth-order valence-electron chi connectivity index (χ4n) is 3.91. The number of carbonyl (C=O) groups is 1. The minimum atomic E-state index is -1.46. The van der Waals surface area contributed by atoms with E-state index in [2.05, 4.69) is 51.4 Å². The zero-order valence-corrected chi connectivity index (χ0v) is 15.2. The van der Waals surface area contributed by atoms with E-state index in [4.69, 9.17) is 4.74 Å². The van der Waals surface area contributed by atoms with Crippen molar-refractivity contribution in [3.8, 4) is 0 Å². The molecule has 0 saturated heterocycles. The second kappa shape index (κ2) is 4.88. The number of fused-ring (bicyclic) bond motifs is 2. The van der Waals surface area contributed by atoms with E-state index in [1.54, 1.807) is 0 Å². The van der Waals surface area contributed by atoms with Gasteiger partial charge in [-0.15, -0.1) is 0 Å². The summed E-state index contributed by atoms with van der Waals surface area (Å²) >= 11 is 0. The Morgan fingerprint density at radius 1 is 1.05 bits per heavy atom. The van der Waals surface area contributed by atoms with Gasteiger partial charge in [-0.1, -0.05) is 51.4 Å². The van der Waals surface area contributed by atoms with Gasteiger partial charge in [0.2, 0.25) is 0 Å². The number of carbonyl (C=O) groups excluding carboxylic acids is 1. The van der Waals surface area contributed by atoms with Crippen LogP contribution in [0.1, 0.15) is 12.8 Å². The molecule has 0 aromatic heterocycles. The maximum Gasteiger partial charge on any atom is 0.309 e. The molecule has 0 aromatic carbocycles. The van der Waals surface area contributed by atoms with Gasteiger partial charge in [0, 0.05) is 0 Å². The summed E-state index contributed by atoms with van der Waals surface area (Å²) in [6.45, 7) is 13.9. The molecule has 0 heterocycles. The van der Waals surface area contributed by atoms with E-state index in [1.807, 2.05) is 0 Å². The summed E-state index contributed by atoms with van der Waals surface area (Å²) in [6.07, 6.45) is 6.70. The lowest BCUT2D eigenvalue weighted by Crippen LogP contribution is -2.56. The summed E-state index contributed by atoms with van der Waals surface area (Å²) < 4.78 is 6.07. The summed E-state index contributed by atoms with van der Waals surface area (Å²) in [5, 5.41) is 0.232. The quantitative estimate of drug-likeness (QED) is 0.447. The van der Waals surface area contributed by atoms with Gasteiger partial charge in [0.25, 0.3) is 0 Å². The lowest BCUT2D eigenvalue weighted by Gasteiger charge is -2.38. The van der Waals surface area contributed by atoms with Crippen LogP contribution in [0.15, 0.2) is 12.2 Å². The number of hydrogen-bond donors (Lipinski definition) is 0. The summed E-state index contributed by atoms with van der Waals surface area (Å²) in [5.74, 6) is 1.33. The van der Waals surface area contributed by atoms with E-state index >= 15 is 0 Å². The van der Waals surface area contributed by atoms with Gasteiger partial charge in [-0.05, 0) is 24.7 Å². The van der Waals surface area contributed by atoms with Crippen molar-refractivity contribution in [3.63, 3.8) is 0 Å². The fourth-order valence-corrected chi connectivity index (χ4v) is 15.2. The van der Waals surface area contributed by atoms with Crippen molar-refractivity contribution in [1.29, 1.82) is 0 Å². The summed E-state index contributed by atoms with van der Waals surface area (Å²) in [5.41, 5.74) is 0. The molecule has 0 amide bonds. The smallest absolute Gasteiger partial charge is 0.309 e. The van der Waals surface area contributed by atoms with E-state index in [9.17, 15) is 4.79 Å². The van der Waals surface area contributed by atoms with E-state index < -0.39 is 16.1 Å². The predicted molar refractivity (Wildman–Crippen MR) is 85.4 cm³/mol. The Morgan fingerprint density at radius 3 is 2.00 bits per heavy atom. The maximum atomic E-state index is 12.5. The SMILES string of the molecule is C[Si](C)(C)C(OC(=O)C1CC2C=CC1C2)[Si](C)(C)C. The average Bonchev–Trinajstić information content (AvgIpc) is 2.83. The molecule has 3 unspecified atom stereocenters. The Hall–Kier alpha value is -0.356. The molecular weight excluding hydrogens is 268 g/mol.